The molecule has 4 aromatic carbocycles. The zero-order valence-electron chi connectivity index (χ0n) is 18.3. The lowest BCUT2D eigenvalue weighted by Gasteiger charge is -2.19. The number of hydrogen-bond donors (Lipinski definition) is 0. The topological polar surface area (TPSA) is 94.6 Å². The van der Waals surface area contributed by atoms with Gasteiger partial charge in [0.1, 0.15) is 0 Å². The van der Waals surface area contributed by atoms with Crippen LogP contribution in [0.2, 0.25) is 0 Å². The predicted molar refractivity (Wildman–Crippen MR) is 128 cm³/mol. The van der Waals surface area contributed by atoms with E-state index >= 15 is 0 Å². The number of carbonyl (C=O) groups excluding carboxylic acids is 3. The zero-order valence-corrected chi connectivity index (χ0v) is 19.1. The Balaban J connectivity index is 1.32. The molecule has 5 rings (SSSR count). The largest absolute Gasteiger partial charge is 0.454 e. The van der Waals surface area contributed by atoms with Crippen molar-refractivity contribution in [3.8, 4) is 11.1 Å². The van der Waals surface area contributed by atoms with Crippen LogP contribution in [0.15, 0.2) is 107 Å². The van der Waals surface area contributed by atoms with Crippen molar-refractivity contribution < 1.29 is 27.5 Å². The highest BCUT2D eigenvalue weighted by Crippen LogP contribution is 2.34. The van der Waals surface area contributed by atoms with Crippen LogP contribution >= 0.6 is 0 Å². The fourth-order valence-corrected chi connectivity index (χ4v) is 5.67. The Hall–Kier alpha value is -4.36. The third-order valence-corrected chi connectivity index (χ3v) is 7.67. The Morgan fingerprint density at radius 3 is 2.00 bits per heavy atom. The first kappa shape index (κ1) is 22.4. The Bertz CT molecular complexity index is 1590. The quantitative estimate of drug-likeness (QED) is 0.265. The Labute approximate surface area is 201 Å². The molecular formula is C28H18O6S. The molecule has 0 aliphatic carbocycles. The fourth-order valence-electron chi connectivity index (χ4n) is 3.99. The molecule has 0 N–H and O–H groups in total. The van der Waals surface area contributed by atoms with Gasteiger partial charge in [-0.3, -0.25) is 9.59 Å². The van der Waals surface area contributed by atoms with E-state index in [4.69, 9.17) is 4.74 Å². The van der Waals surface area contributed by atoms with Crippen molar-refractivity contribution in [2.75, 3.05) is 6.61 Å². The number of ketones is 2. The normalized spacial score (nSPS) is 13.4. The van der Waals surface area contributed by atoms with E-state index in [-0.39, 0.29) is 26.5 Å². The van der Waals surface area contributed by atoms with Crippen molar-refractivity contribution in [3.05, 3.63) is 119 Å². The second-order valence-electron chi connectivity index (χ2n) is 7.98. The molecule has 35 heavy (non-hydrogen) atoms. The monoisotopic (exact) mass is 482 g/mol. The molecule has 4 aromatic rings. The SMILES string of the molecule is O=C(COC(=O)c1ccc2c(c1)S(=O)(=O)c1ccccc1C2=O)c1ccc(-c2ccccc2)cc1. The molecule has 0 amide bonds. The highest BCUT2D eigenvalue weighted by molar-refractivity contribution is 7.91. The molecular weight excluding hydrogens is 464 g/mol. The molecule has 0 saturated heterocycles. The van der Waals surface area contributed by atoms with Crippen LogP contribution in [0.3, 0.4) is 0 Å². The van der Waals surface area contributed by atoms with Crippen LogP contribution in [0, 0.1) is 0 Å². The van der Waals surface area contributed by atoms with Crippen molar-refractivity contribution in [2.24, 2.45) is 0 Å². The Morgan fingerprint density at radius 2 is 1.26 bits per heavy atom. The van der Waals surface area contributed by atoms with Gasteiger partial charge in [0.25, 0.3) is 0 Å². The van der Waals surface area contributed by atoms with Gasteiger partial charge in [0.2, 0.25) is 9.84 Å². The van der Waals surface area contributed by atoms with Crippen LogP contribution in [0.1, 0.15) is 36.6 Å². The van der Waals surface area contributed by atoms with Crippen molar-refractivity contribution >= 4 is 27.4 Å². The maximum atomic E-state index is 13.0. The summed E-state index contributed by atoms with van der Waals surface area (Å²) in [4.78, 5) is 37.5. The molecule has 7 heteroatoms. The van der Waals surface area contributed by atoms with Gasteiger partial charge in [-0.2, -0.15) is 0 Å². The Kier molecular flexibility index (Phi) is 5.62. The van der Waals surface area contributed by atoms with Crippen LogP contribution in [0.25, 0.3) is 11.1 Å². The number of esters is 1. The number of Topliss-reactive ketones (excluding diaryl/α,β-unsaturated/α-hetero) is 1. The molecule has 172 valence electrons. The van der Waals surface area contributed by atoms with E-state index in [1.165, 1.54) is 30.3 Å². The second-order valence-corrected chi connectivity index (χ2v) is 9.87. The van der Waals surface area contributed by atoms with Crippen LogP contribution in [-0.2, 0) is 14.6 Å². The molecule has 0 bridgehead atoms. The molecule has 1 aliphatic rings. The number of fused-ring (bicyclic) bond motifs is 2. The van der Waals surface area contributed by atoms with Crippen LogP contribution in [-0.4, -0.2) is 32.6 Å². The van der Waals surface area contributed by atoms with E-state index in [2.05, 4.69) is 0 Å². The average Bonchev–Trinajstić information content (AvgIpc) is 2.90. The molecule has 6 nitrogen and oxygen atoms in total. The minimum atomic E-state index is -3.99. The summed E-state index contributed by atoms with van der Waals surface area (Å²) >= 11 is 0. The lowest BCUT2D eigenvalue weighted by molar-refractivity contribution is 0.0474. The number of benzene rings is 4. The smallest absolute Gasteiger partial charge is 0.338 e. The van der Waals surface area contributed by atoms with Crippen LogP contribution < -0.4 is 0 Å². The first-order valence-corrected chi connectivity index (χ1v) is 12.2. The summed E-state index contributed by atoms with van der Waals surface area (Å²) in [6.45, 7) is -0.505. The maximum Gasteiger partial charge on any atom is 0.338 e. The first-order valence-electron chi connectivity index (χ1n) is 10.7. The molecule has 0 saturated carbocycles. The van der Waals surface area contributed by atoms with Crippen molar-refractivity contribution in [3.63, 3.8) is 0 Å². The highest BCUT2D eigenvalue weighted by Gasteiger charge is 2.35. The van der Waals surface area contributed by atoms with Gasteiger partial charge in [-0.25, -0.2) is 13.2 Å². The van der Waals surface area contributed by atoms with Gasteiger partial charge < -0.3 is 4.74 Å². The van der Waals surface area contributed by atoms with E-state index in [0.29, 0.717) is 5.56 Å². The molecule has 0 radical (unpaired) electrons. The second kappa shape index (κ2) is 8.77. The van der Waals surface area contributed by atoms with Crippen LogP contribution in [0.4, 0.5) is 0 Å². The summed E-state index contributed by atoms with van der Waals surface area (Å²) in [5.41, 5.74) is 2.38. The van der Waals surface area contributed by atoms with Crippen molar-refractivity contribution in [2.45, 2.75) is 9.79 Å². The molecule has 1 aliphatic heterocycles. The number of sulfone groups is 1. The molecule has 0 spiro atoms. The molecule has 0 aromatic heterocycles. The zero-order chi connectivity index (χ0) is 24.6. The summed E-state index contributed by atoms with van der Waals surface area (Å²) < 4.78 is 31.2. The summed E-state index contributed by atoms with van der Waals surface area (Å²) in [5, 5.41) is 0. The number of ether oxygens (including phenoxy) is 1. The van der Waals surface area contributed by atoms with Gasteiger partial charge in [-0.05, 0) is 41.5 Å². The lowest BCUT2D eigenvalue weighted by atomic mass is 10.0. The van der Waals surface area contributed by atoms with Crippen molar-refractivity contribution in [1.82, 2.24) is 0 Å². The summed E-state index contributed by atoms with van der Waals surface area (Å²) in [6.07, 6.45) is 0. The van der Waals surface area contributed by atoms with Gasteiger partial charge in [0.15, 0.2) is 18.2 Å². The molecule has 0 fully saturated rings. The Morgan fingerprint density at radius 1 is 0.657 bits per heavy atom. The van der Waals surface area contributed by atoms with Gasteiger partial charge in [-0.15, -0.1) is 0 Å². The third kappa shape index (κ3) is 4.06. The van der Waals surface area contributed by atoms with Gasteiger partial charge in [0.05, 0.1) is 15.4 Å². The van der Waals surface area contributed by atoms with E-state index in [1.54, 1.807) is 18.2 Å². The van der Waals surface area contributed by atoms with E-state index in [1.807, 2.05) is 42.5 Å². The molecule has 1 heterocycles. The predicted octanol–water partition coefficient (Wildman–Crippen LogP) is 4.77. The minimum absolute atomic E-state index is 0.00478. The average molecular weight is 483 g/mol. The van der Waals surface area contributed by atoms with Gasteiger partial charge in [-0.1, -0.05) is 66.7 Å². The van der Waals surface area contributed by atoms with E-state index < -0.39 is 34.0 Å². The lowest BCUT2D eigenvalue weighted by Crippen LogP contribution is -2.21. The summed E-state index contributed by atoms with van der Waals surface area (Å²) in [7, 11) is -3.99. The van der Waals surface area contributed by atoms with E-state index in [9.17, 15) is 22.8 Å². The molecule has 0 unspecified atom stereocenters. The maximum absolute atomic E-state index is 13.0. The molecule has 0 atom stereocenters. The van der Waals surface area contributed by atoms with Gasteiger partial charge in [0, 0.05) is 16.7 Å². The highest BCUT2D eigenvalue weighted by atomic mass is 32.2. The summed E-state index contributed by atoms with van der Waals surface area (Å²) in [6, 6.07) is 26.3. The van der Waals surface area contributed by atoms with Crippen LogP contribution in [0.5, 0.6) is 0 Å². The summed E-state index contributed by atoms with van der Waals surface area (Å²) in [5.74, 6) is -1.68. The third-order valence-electron chi connectivity index (χ3n) is 5.82. The van der Waals surface area contributed by atoms with E-state index in [0.717, 1.165) is 17.2 Å². The number of hydrogen-bond acceptors (Lipinski definition) is 6. The minimum Gasteiger partial charge on any atom is -0.454 e. The first-order chi connectivity index (χ1) is 16.9. The van der Waals surface area contributed by atoms with Crippen molar-refractivity contribution in [1.29, 1.82) is 0 Å². The van der Waals surface area contributed by atoms with Gasteiger partial charge >= 0.3 is 5.97 Å². The number of rotatable bonds is 5. The fraction of sp³-hybridized carbons (Fsp3) is 0.0357. The standard InChI is InChI=1S/C28H18O6S/c29-24(20-12-10-19(11-13-20)18-6-2-1-3-7-18)17-34-28(31)21-14-15-23-26(16-21)35(32,33)25-9-5-4-8-22(25)27(23)30/h1-16H,17H2. The number of carbonyl (C=O) groups is 3.